The van der Waals surface area contributed by atoms with Crippen molar-refractivity contribution in [2.75, 3.05) is 11.9 Å². The van der Waals surface area contributed by atoms with Gasteiger partial charge >= 0.3 is 23.9 Å². The van der Waals surface area contributed by atoms with Crippen LogP contribution in [0.15, 0.2) is 34.9 Å². The number of hydrogen-bond acceptors (Lipinski definition) is 13. The first kappa shape index (κ1) is 29.2. The summed E-state index contributed by atoms with van der Waals surface area (Å²) in [5.74, 6) is -3.08. The molecule has 0 bridgehead atoms. The first-order chi connectivity index (χ1) is 17.9. The Balaban J connectivity index is 1.92. The number of carbonyl (C=O) groups excluding carboxylic acids is 5. The molecule has 1 saturated heterocycles. The van der Waals surface area contributed by atoms with Gasteiger partial charge in [-0.3, -0.25) is 24.0 Å². The zero-order valence-corrected chi connectivity index (χ0v) is 23.2. The second-order valence-corrected chi connectivity index (χ2v) is 10.1. The number of carbonyl (C=O) groups is 5. The van der Waals surface area contributed by atoms with Gasteiger partial charge in [-0.2, -0.15) is 0 Å². The molecule has 0 amide bonds. The van der Waals surface area contributed by atoms with Gasteiger partial charge in [0.2, 0.25) is 5.78 Å². The number of halogens is 1. The molecule has 0 aliphatic carbocycles. The molecule has 38 heavy (non-hydrogen) atoms. The Morgan fingerprint density at radius 3 is 2.05 bits per heavy atom. The Morgan fingerprint density at radius 1 is 0.895 bits per heavy atom. The number of nitrogens with zero attached hydrogens (tertiary/aromatic N) is 1. The van der Waals surface area contributed by atoms with Gasteiger partial charge in [-0.25, -0.2) is 4.98 Å². The third kappa shape index (κ3) is 7.82. The van der Waals surface area contributed by atoms with Gasteiger partial charge in [0.25, 0.3) is 0 Å². The first-order valence-electron chi connectivity index (χ1n) is 11.3. The van der Waals surface area contributed by atoms with E-state index in [0.717, 1.165) is 36.6 Å². The number of hydrogen-bond donors (Lipinski definition) is 1. The number of thiazole rings is 1. The summed E-state index contributed by atoms with van der Waals surface area (Å²) in [4.78, 5) is 64.6. The monoisotopic (exact) mass is 612 g/mol. The molecule has 204 valence electrons. The maximum Gasteiger partial charge on any atom is 0.303 e. The van der Waals surface area contributed by atoms with E-state index in [4.69, 9.17) is 23.7 Å². The molecule has 12 nitrogen and oxygen atoms in total. The van der Waals surface area contributed by atoms with E-state index in [1.807, 2.05) is 0 Å². The van der Waals surface area contributed by atoms with Crippen LogP contribution in [0.4, 0.5) is 5.13 Å². The summed E-state index contributed by atoms with van der Waals surface area (Å²) in [6.07, 6.45) is -4.83. The molecular weight excluding hydrogens is 588 g/mol. The minimum Gasteiger partial charge on any atom is -0.463 e. The molecule has 1 fully saturated rings. The Hall–Kier alpha value is -3.36. The summed E-state index contributed by atoms with van der Waals surface area (Å²) in [6, 6.07) is 6.81. The van der Waals surface area contributed by atoms with E-state index in [-0.39, 0.29) is 17.5 Å². The molecule has 1 N–H and O–H groups in total. The van der Waals surface area contributed by atoms with Gasteiger partial charge in [0.1, 0.15) is 12.7 Å². The van der Waals surface area contributed by atoms with Crippen LogP contribution in [-0.2, 0) is 42.9 Å². The van der Waals surface area contributed by atoms with E-state index < -0.39 is 54.5 Å². The minimum absolute atomic E-state index is 0.228. The van der Waals surface area contributed by atoms with E-state index in [2.05, 4.69) is 26.2 Å². The highest BCUT2D eigenvalue weighted by Crippen LogP contribution is 2.31. The fourth-order valence-corrected chi connectivity index (χ4v) is 4.72. The van der Waals surface area contributed by atoms with Crippen LogP contribution in [0.2, 0.25) is 0 Å². The fourth-order valence-electron chi connectivity index (χ4n) is 3.66. The molecular formula is C24H25BrN2O10S. The third-order valence-electron chi connectivity index (χ3n) is 5.09. The molecule has 5 atom stereocenters. The van der Waals surface area contributed by atoms with Crippen molar-refractivity contribution >= 4 is 62.1 Å². The zero-order valence-electron chi connectivity index (χ0n) is 20.8. The van der Waals surface area contributed by atoms with E-state index >= 15 is 0 Å². The Kier molecular flexibility index (Phi) is 9.94. The predicted octanol–water partition coefficient (Wildman–Crippen LogP) is 2.63. The van der Waals surface area contributed by atoms with Crippen LogP contribution in [-0.4, -0.2) is 71.9 Å². The second-order valence-electron chi connectivity index (χ2n) is 8.13. The summed E-state index contributed by atoms with van der Waals surface area (Å²) in [5, 5.41) is 3.17. The van der Waals surface area contributed by atoms with E-state index in [9.17, 15) is 24.0 Å². The summed E-state index contributed by atoms with van der Waals surface area (Å²) in [6.45, 7) is 4.24. The van der Waals surface area contributed by atoms with Crippen molar-refractivity contribution in [3.8, 4) is 0 Å². The smallest absolute Gasteiger partial charge is 0.303 e. The molecule has 0 spiro atoms. The molecule has 1 aliphatic rings. The fraction of sp³-hybridized carbons (Fsp3) is 0.417. The van der Waals surface area contributed by atoms with Crippen molar-refractivity contribution in [1.82, 2.24) is 4.98 Å². The van der Waals surface area contributed by atoms with Crippen LogP contribution in [0.5, 0.6) is 0 Å². The first-order valence-corrected chi connectivity index (χ1v) is 12.9. The molecule has 1 aromatic heterocycles. The number of benzene rings is 1. The quantitative estimate of drug-likeness (QED) is 0.251. The van der Waals surface area contributed by atoms with Crippen molar-refractivity contribution in [1.29, 1.82) is 0 Å². The molecule has 2 aromatic rings. The van der Waals surface area contributed by atoms with Crippen LogP contribution in [0.25, 0.3) is 0 Å². The summed E-state index contributed by atoms with van der Waals surface area (Å²) in [5.41, 5.74) is 0.454. The number of aromatic nitrogens is 1. The lowest BCUT2D eigenvalue weighted by Crippen LogP contribution is -2.64. The van der Waals surface area contributed by atoms with Gasteiger partial charge in [0.15, 0.2) is 29.7 Å². The maximum absolute atomic E-state index is 12.9. The van der Waals surface area contributed by atoms with Gasteiger partial charge in [-0.05, 0) is 24.3 Å². The van der Waals surface area contributed by atoms with Gasteiger partial charge in [0, 0.05) is 37.7 Å². The summed E-state index contributed by atoms with van der Waals surface area (Å²) in [7, 11) is 0. The molecule has 3 rings (SSSR count). The van der Waals surface area contributed by atoms with Gasteiger partial charge in [-0.15, -0.1) is 0 Å². The summed E-state index contributed by atoms with van der Waals surface area (Å²) < 4.78 is 28.0. The van der Waals surface area contributed by atoms with Gasteiger partial charge < -0.3 is 29.0 Å². The van der Waals surface area contributed by atoms with Crippen LogP contribution in [0, 0.1) is 0 Å². The molecule has 0 unspecified atom stereocenters. The highest BCUT2D eigenvalue weighted by molar-refractivity contribution is 9.10. The lowest BCUT2D eigenvalue weighted by Gasteiger charge is -2.44. The molecule has 1 aromatic carbocycles. The summed E-state index contributed by atoms with van der Waals surface area (Å²) >= 11 is 4.34. The Morgan fingerprint density at radius 2 is 1.47 bits per heavy atom. The van der Waals surface area contributed by atoms with Crippen LogP contribution in [0.1, 0.15) is 42.9 Å². The lowest BCUT2D eigenvalue weighted by molar-refractivity contribution is -0.247. The van der Waals surface area contributed by atoms with Crippen molar-refractivity contribution in [3.05, 3.63) is 45.4 Å². The standard InChI is InChI=1S/C24H25BrN2O10S/c1-11(28)33-10-17-20(34-12(2)29)21(35-13(3)30)22(36-14(4)31)23(37-17)27-24-26-9-18(38-24)19(32)15-5-7-16(25)8-6-15/h5-9,17,20-23H,10H2,1-4H3,(H,26,27)/t17-,20-,21+,22+,23-/m1/s1. The van der Waals surface area contributed by atoms with E-state index in [1.165, 1.54) is 13.1 Å². The van der Waals surface area contributed by atoms with Gasteiger partial charge in [0.05, 0.1) is 11.1 Å². The van der Waals surface area contributed by atoms with Crippen molar-refractivity contribution in [2.45, 2.75) is 58.3 Å². The third-order valence-corrected chi connectivity index (χ3v) is 6.55. The average molecular weight is 613 g/mol. The average Bonchev–Trinajstić information content (AvgIpc) is 3.29. The van der Waals surface area contributed by atoms with Crippen molar-refractivity contribution < 1.29 is 47.7 Å². The van der Waals surface area contributed by atoms with Gasteiger partial charge in [-0.1, -0.05) is 27.3 Å². The molecule has 0 radical (unpaired) electrons. The van der Waals surface area contributed by atoms with Crippen LogP contribution in [0.3, 0.4) is 0 Å². The number of nitrogens with one attached hydrogen (secondary N) is 1. The van der Waals surface area contributed by atoms with Crippen molar-refractivity contribution in [3.63, 3.8) is 0 Å². The number of ether oxygens (including phenoxy) is 5. The lowest BCUT2D eigenvalue weighted by atomic mass is 9.97. The predicted molar refractivity (Wildman–Crippen MR) is 135 cm³/mol. The number of esters is 4. The largest absolute Gasteiger partial charge is 0.463 e. The Bertz CT molecular complexity index is 1200. The number of rotatable bonds is 9. The van der Waals surface area contributed by atoms with Crippen LogP contribution < -0.4 is 5.32 Å². The molecule has 0 saturated carbocycles. The van der Waals surface area contributed by atoms with Crippen LogP contribution >= 0.6 is 27.3 Å². The SMILES string of the molecule is CC(=O)OC[C@H]1O[C@@H](Nc2ncc(C(=O)c3ccc(Br)cc3)s2)[C@@H](OC(C)=O)[C@@H](OC(C)=O)[C@@H]1OC(C)=O. The molecule has 14 heteroatoms. The van der Waals surface area contributed by atoms with E-state index in [0.29, 0.717) is 10.4 Å². The second kappa shape index (κ2) is 12.9. The number of anilines is 1. The zero-order chi connectivity index (χ0) is 28.0. The van der Waals surface area contributed by atoms with E-state index in [1.54, 1.807) is 24.3 Å². The maximum atomic E-state index is 12.9. The number of ketones is 1. The Labute approximate surface area is 230 Å². The normalized spacial score (nSPS) is 22.6. The van der Waals surface area contributed by atoms with Crippen molar-refractivity contribution in [2.24, 2.45) is 0 Å². The topological polar surface area (TPSA) is 156 Å². The highest BCUT2D eigenvalue weighted by atomic mass is 79.9. The molecule has 2 heterocycles. The minimum atomic E-state index is -1.32. The highest BCUT2D eigenvalue weighted by Gasteiger charge is 2.52. The molecule has 1 aliphatic heterocycles.